The first kappa shape index (κ1) is 22.2. The van der Waals surface area contributed by atoms with Gasteiger partial charge in [-0.15, -0.1) is 0 Å². The highest BCUT2D eigenvalue weighted by molar-refractivity contribution is 6.36. The molecule has 162 valence electrons. The zero-order chi connectivity index (χ0) is 22.5. The summed E-state index contributed by atoms with van der Waals surface area (Å²) in [7, 11) is 0. The van der Waals surface area contributed by atoms with E-state index in [9.17, 15) is 19.7 Å². The molecule has 3 rings (SSSR count). The number of hydrogen-bond acceptors (Lipinski definition) is 8. The summed E-state index contributed by atoms with van der Waals surface area (Å²) in [5.41, 5.74) is 0.784. The average Bonchev–Trinajstić information content (AvgIpc) is 3.32. The van der Waals surface area contributed by atoms with Crippen LogP contribution in [0.1, 0.15) is 32.6 Å². The molecule has 2 aromatic heterocycles. The minimum absolute atomic E-state index is 0.00559. The normalized spacial score (nSPS) is 10.7. The molecule has 2 heterocycles. The molecule has 0 saturated heterocycles. The predicted octanol–water partition coefficient (Wildman–Crippen LogP) is 2.00. The minimum Gasteiger partial charge on any atom is -0.358 e. The lowest BCUT2D eigenvalue weighted by atomic mass is 10.2. The Labute approximate surface area is 184 Å². The number of nitro groups is 1. The maximum Gasteiger partial charge on any atom is 0.390 e. The van der Waals surface area contributed by atoms with Crippen LogP contribution in [0.3, 0.4) is 0 Å². The van der Waals surface area contributed by atoms with Crippen molar-refractivity contribution in [3.8, 4) is 0 Å². The van der Waals surface area contributed by atoms with Gasteiger partial charge in [0.15, 0.2) is 5.82 Å². The molecule has 3 aromatic rings. The van der Waals surface area contributed by atoms with E-state index in [4.69, 9.17) is 27.7 Å². The monoisotopic (exact) mass is 467 g/mol. The van der Waals surface area contributed by atoms with Gasteiger partial charge >= 0.3 is 17.6 Å². The molecule has 0 bridgehead atoms. The van der Waals surface area contributed by atoms with Crippen LogP contribution in [0.15, 0.2) is 28.8 Å². The number of rotatable bonds is 8. The molecule has 0 radical (unpaired) electrons. The van der Waals surface area contributed by atoms with Crippen LogP contribution in [0, 0.1) is 17.0 Å². The molecule has 12 nitrogen and oxygen atoms in total. The summed E-state index contributed by atoms with van der Waals surface area (Å²) in [5, 5.41) is 24.0. The van der Waals surface area contributed by atoms with Crippen molar-refractivity contribution in [3.63, 3.8) is 0 Å². The Morgan fingerprint density at radius 2 is 1.90 bits per heavy atom. The van der Waals surface area contributed by atoms with Gasteiger partial charge in [-0.05, 0) is 30.0 Å². The smallest absolute Gasteiger partial charge is 0.358 e. The summed E-state index contributed by atoms with van der Waals surface area (Å²) in [6.07, 6.45) is 0. The number of carbonyl (C=O) groups excluding carboxylic acids is 2. The quantitative estimate of drug-likeness (QED) is 0.289. The molecule has 31 heavy (non-hydrogen) atoms. The van der Waals surface area contributed by atoms with Gasteiger partial charge in [0.1, 0.15) is 6.54 Å². The lowest BCUT2D eigenvalue weighted by Crippen LogP contribution is -2.35. The third-order valence-corrected chi connectivity index (χ3v) is 4.53. The molecule has 0 fully saturated rings. The Bertz CT molecular complexity index is 1140. The summed E-state index contributed by atoms with van der Waals surface area (Å²) in [6.45, 7) is 1.85. The SMILES string of the molecule is Cc1cc([N+](=O)[O-])nn1Cc1noc(C(=O)NCCNC(=O)c2ccc(Cl)cc2Cl)n1. The topological polar surface area (TPSA) is 158 Å². The van der Waals surface area contributed by atoms with Crippen molar-refractivity contribution in [2.24, 2.45) is 0 Å². The van der Waals surface area contributed by atoms with Crippen molar-refractivity contribution >= 4 is 40.8 Å². The molecular weight excluding hydrogens is 453 g/mol. The van der Waals surface area contributed by atoms with Crippen LogP contribution in [0.4, 0.5) is 5.82 Å². The van der Waals surface area contributed by atoms with Gasteiger partial charge in [0.25, 0.3) is 5.91 Å². The second-order valence-electron chi connectivity index (χ2n) is 6.21. The molecule has 0 aliphatic carbocycles. The van der Waals surface area contributed by atoms with Crippen LogP contribution in [0.5, 0.6) is 0 Å². The van der Waals surface area contributed by atoms with Crippen LogP contribution in [-0.4, -0.2) is 49.7 Å². The number of halogens is 2. The minimum atomic E-state index is -0.638. The molecular formula is C17H15Cl2N7O5. The van der Waals surface area contributed by atoms with Crippen LogP contribution in [0.25, 0.3) is 0 Å². The number of nitrogens with one attached hydrogen (secondary N) is 2. The van der Waals surface area contributed by atoms with Gasteiger partial charge in [-0.1, -0.05) is 28.4 Å². The molecule has 1 aromatic carbocycles. The molecule has 2 N–H and O–H groups in total. The third kappa shape index (κ3) is 5.55. The van der Waals surface area contributed by atoms with E-state index in [1.165, 1.54) is 22.9 Å². The van der Waals surface area contributed by atoms with E-state index >= 15 is 0 Å². The van der Waals surface area contributed by atoms with E-state index in [2.05, 4.69) is 25.9 Å². The number of benzene rings is 1. The highest BCUT2D eigenvalue weighted by Crippen LogP contribution is 2.20. The van der Waals surface area contributed by atoms with Crippen molar-refractivity contribution in [1.82, 2.24) is 30.6 Å². The van der Waals surface area contributed by atoms with E-state index in [0.717, 1.165) is 0 Å². The standard InChI is InChI=1S/C17H15Cl2N7O5/c1-9-6-14(26(29)30)23-25(9)8-13-22-17(31-24-13)16(28)21-5-4-20-15(27)11-3-2-10(18)7-12(11)19/h2-3,6-7H,4-5,8H2,1H3,(H,20,27)(H,21,28). The molecule has 0 aliphatic heterocycles. The number of aryl methyl sites for hydroxylation is 1. The largest absolute Gasteiger partial charge is 0.390 e. The fraction of sp³-hybridized carbons (Fsp3) is 0.235. The molecule has 0 unspecified atom stereocenters. The van der Waals surface area contributed by atoms with Crippen LogP contribution >= 0.6 is 23.2 Å². The summed E-state index contributed by atoms with van der Waals surface area (Å²) in [5.74, 6) is -1.53. The molecule has 0 aliphatic rings. The van der Waals surface area contributed by atoms with E-state index < -0.39 is 16.7 Å². The number of amides is 2. The van der Waals surface area contributed by atoms with Crippen molar-refractivity contribution in [1.29, 1.82) is 0 Å². The Balaban J connectivity index is 1.49. The zero-order valence-electron chi connectivity index (χ0n) is 16.0. The predicted molar refractivity (Wildman–Crippen MR) is 108 cm³/mol. The maximum absolute atomic E-state index is 12.1. The first-order valence-electron chi connectivity index (χ1n) is 8.77. The summed E-state index contributed by atoms with van der Waals surface area (Å²) in [6, 6.07) is 5.80. The van der Waals surface area contributed by atoms with Gasteiger partial charge in [-0.2, -0.15) is 9.67 Å². The van der Waals surface area contributed by atoms with Crippen molar-refractivity contribution in [2.75, 3.05) is 13.1 Å². The van der Waals surface area contributed by atoms with E-state index in [1.54, 1.807) is 13.0 Å². The molecule has 0 saturated carbocycles. The number of aromatic nitrogens is 4. The Morgan fingerprint density at radius 3 is 2.55 bits per heavy atom. The lowest BCUT2D eigenvalue weighted by Gasteiger charge is -2.07. The fourth-order valence-electron chi connectivity index (χ4n) is 2.48. The first-order valence-corrected chi connectivity index (χ1v) is 9.53. The number of hydrogen-bond donors (Lipinski definition) is 2. The maximum atomic E-state index is 12.1. The average molecular weight is 468 g/mol. The zero-order valence-corrected chi connectivity index (χ0v) is 17.5. The van der Waals surface area contributed by atoms with Crippen molar-refractivity contribution in [2.45, 2.75) is 13.5 Å². The summed E-state index contributed by atoms with van der Waals surface area (Å²) in [4.78, 5) is 38.3. The Morgan fingerprint density at radius 1 is 1.19 bits per heavy atom. The molecule has 0 atom stereocenters. The van der Waals surface area contributed by atoms with Crippen LogP contribution < -0.4 is 10.6 Å². The van der Waals surface area contributed by atoms with Gasteiger partial charge in [0, 0.05) is 18.1 Å². The van der Waals surface area contributed by atoms with Crippen LogP contribution in [-0.2, 0) is 6.54 Å². The third-order valence-electron chi connectivity index (χ3n) is 3.98. The van der Waals surface area contributed by atoms with Gasteiger partial charge in [0.05, 0.1) is 27.4 Å². The highest BCUT2D eigenvalue weighted by Gasteiger charge is 2.20. The van der Waals surface area contributed by atoms with Gasteiger partial charge in [-0.25, -0.2) is 0 Å². The molecule has 14 heteroatoms. The van der Waals surface area contributed by atoms with E-state index in [-0.39, 0.29) is 47.8 Å². The Hall–Kier alpha value is -3.51. The van der Waals surface area contributed by atoms with Crippen molar-refractivity contribution in [3.05, 3.63) is 67.4 Å². The first-order chi connectivity index (χ1) is 14.7. The highest BCUT2D eigenvalue weighted by atomic mass is 35.5. The lowest BCUT2D eigenvalue weighted by molar-refractivity contribution is -0.389. The van der Waals surface area contributed by atoms with Crippen LogP contribution in [0.2, 0.25) is 10.0 Å². The number of nitrogens with zero attached hydrogens (tertiary/aromatic N) is 5. The van der Waals surface area contributed by atoms with Gasteiger partial charge in [-0.3, -0.25) is 9.59 Å². The summed E-state index contributed by atoms with van der Waals surface area (Å²) >= 11 is 11.8. The van der Waals surface area contributed by atoms with Gasteiger partial charge < -0.3 is 25.3 Å². The second-order valence-corrected chi connectivity index (χ2v) is 7.05. The van der Waals surface area contributed by atoms with Gasteiger partial charge in [0.2, 0.25) is 0 Å². The number of carbonyl (C=O) groups is 2. The second kappa shape index (κ2) is 9.53. The van der Waals surface area contributed by atoms with Crippen molar-refractivity contribution < 1.29 is 19.0 Å². The molecule has 2 amide bonds. The Kier molecular flexibility index (Phi) is 6.82. The van der Waals surface area contributed by atoms with E-state index in [1.807, 2.05) is 0 Å². The van der Waals surface area contributed by atoms with E-state index in [0.29, 0.717) is 10.7 Å². The molecule has 0 spiro atoms. The fourth-order valence-corrected chi connectivity index (χ4v) is 2.98. The summed E-state index contributed by atoms with van der Waals surface area (Å²) < 4.78 is 6.22.